The number of imidazole rings is 2. The second kappa shape index (κ2) is 12.4. The van der Waals surface area contributed by atoms with Gasteiger partial charge in [0.1, 0.15) is 23.7 Å². The first-order valence-electron chi connectivity index (χ1n) is 16.6. The molecule has 6 heterocycles. The summed E-state index contributed by atoms with van der Waals surface area (Å²) in [5.41, 5.74) is 6.86. The molecule has 0 bridgehead atoms. The number of hydrazine groups is 1. The molecule has 0 aliphatic carbocycles. The minimum Gasteiger partial charge on any atom is -0.465 e. The lowest BCUT2D eigenvalue weighted by molar-refractivity contribution is -0.175. The van der Waals surface area contributed by atoms with E-state index in [1.54, 1.807) is 12.4 Å². The molecular formula is C35H36N10O4. The van der Waals surface area contributed by atoms with Crippen molar-refractivity contribution in [3.8, 4) is 33.8 Å². The number of amides is 3. The van der Waals surface area contributed by atoms with Gasteiger partial charge in [-0.15, -0.1) is 0 Å². The molecule has 0 spiro atoms. The number of nitrogens with zero attached hydrogens (tertiary/aromatic N) is 7. The summed E-state index contributed by atoms with van der Waals surface area (Å²) in [5, 5.41) is 15.9. The van der Waals surface area contributed by atoms with Crippen LogP contribution in [0.5, 0.6) is 0 Å². The number of benzene rings is 2. The first-order valence-corrected chi connectivity index (χ1v) is 16.6. The summed E-state index contributed by atoms with van der Waals surface area (Å²) in [4.78, 5) is 65.0. The van der Waals surface area contributed by atoms with Gasteiger partial charge < -0.3 is 20.4 Å². The zero-order valence-corrected chi connectivity index (χ0v) is 27.0. The Hall–Kier alpha value is -5.63. The average Bonchev–Trinajstić information content (AvgIpc) is 3.92. The van der Waals surface area contributed by atoms with Crippen LogP contribution < -0.4 is 5.32 Å². The first-order chi connectivity index (χ1) is 23.8. The van der Waals surface area contributed by atoms with Crippen LogP contribution in [-0.4, -0.2) is 94.0 Å². The van der Waals surface area contributed by atoms with E-state index in [1.165, 1.54) is 17.1 Å². The van der Waals surface area contributed by atoms with E-state index in [4.69, 9.17) is 9.97 Å². The van der Waals surface area contributed by atoms with Crippen molar-refractivity contribution in [2.24, 2.45) is 0 Å². The van der Waals surface area contributed by atoms with Crippen molar-refractivity contribution >= 4 is 28.9 Å². The Morgan fingerprint density at radius 2 is 1.59 bits per heavy atom. The quantitative estimate of drug-likeness (QED) is 0.201. The molecule has 3 atom stereocenters. The molecule has 3 fully saturated rings. The smallest absolute Gasteiger partial charge is 0.407 e. The maximum absolute atomic E-state index is 13.7. The van der Waals surface area contributed by atoms with Gasteiger partial charge >= 0.3 is 6.09 Å². The Kier molecular flexibility index (Phi) is 7.79. The second-order valence-corrected chi connectivity index (χ2v) is 12.9. The molecule has 3 aromatic heterocycles. The fourth-order valence-corrected chi connectivity index (χ4v) is 7.13. The summed E-state index contributed by atoms with van der Waals surface area (Å²) in [5.74, 6) is 0.905. The highest BCUT2D eigenvalue weighted by Gasteiger charge is 2.45. The highest BCUT2D eigenvalue weighted by Crippen LogP contribution is 2.35. The first kappa shape index (κ1) is 30.7. The maximum Gasteiger partial charge on any atom is 0.407 e. The number of H-pyrrole nitrogens is 2. The standard InChI is InChI=1S/C35H36N10O4/c1-43(35(48)49)30-12-13-31(46)44-15-3-5-29(45(44)34(30)47)33-39-18-27(42-33)21-8-6-20(7-9-21)26-17-37-25-16-22(10-11-23(25)40-26)28-19-38-32(41-28)24-4-2-14-36-24/h6-11,16-19,24,29-30,36H,2-5,12-15H2,1H3,(H,38,41)(H,39,42)(H,48,49)/t24-,29-,30-/m0/s1. The zero-order valence-electron chi connectivity index (χ0n) is 27.0. The van der Waals surface area contributed by atoms with Crippen LogP contribution in [0.25, 0.3) is 44.8 Å². The summed E-state index contributed by atoms with van der Waals surface area (Å²) < 4.78 is 0. The number of rotatable bonds is 6. The predicted octanol–water partition coefficient (Wildman–Crippen LogP) is 4.68. The SMILES string of the molecule is CN(C(=O)O)[C@H]1CCC(=O)N2CCC[C@@H](c3ncc(-c4ccc(-c5cnc6cc(-c7cnc([C@@H]8CCCN8)[nH]7)ccc6n5)cc4)[nH]3)N2C1=O. The van der Waals surface area contributed by atoms with Gasteiger partial charge in [0.05, 0.1) is 52.7 Å². The van der Waals surface area contributed by atoms with Crippen molar-refractivity contribution in [2.75, 3.05) is 20.1 Å². The Balaban J connectivity index is 1.00. The summed E-state index contributed by atoms with van der Waals surface area (Å²) in [6, 6.07) is 12.8. The van der Waals surface area contributed by atoms with E-state index < -0.39 is 24.1 Å². The zero-order chi connectivity index (χ0) is 33.6. The Bertz CT molecular complexity index is 2050. The fraction of sp³-hybridized carbons (Fsp3) is 0.343. The maximum atomic E-state index is 13.7. The van der Waals surface area contributed by atoms with Crippen molar-refractivity contribution in [3.63, 3.8) is 0 Å². The van der Waals surface area contributed by atoms with Crippen LogP contribution in [-0.2, 0) is 9.59 Å². The van der Waals surface area contributed by atoms with Crippen molar-refractivity contribution in [1.29, 1.82) is 0 Å². The van der Waals surface area contributed by atoms with E-state index in [0.717, 1.165) is 74.9 Å². The molecule has 14 heteroatoms. The summed E-state index contributed by atoms with van der Waals surface area (Å²) in [6.45, 7) is 1.42. The van der Waals surface area contributed by atoms with E-state index in [-0.39, 0.29) is 24.8 Å². The van der Waals surface area contributed by atoms with Crippen LogP contribution in [0.2, 0.25) is 0 Å². The number of fused-ring (bicyclic) bond motifs is 2. The predicted molar refractivity (Wildman–Crippen MR) is 179 cm³/mol. The molecular weight excluding hydrogens is 624 g/mol. The molecule has 0 unspecified atom stereocenters. The molecule has 3 aliphatic heterocycles. The summed E-state index contributed by atoms with van der Waals surface area (Å²) in [7, 11) is 1.37. The lowest BCUT2D eigenvalue weighted by Gasteiger charge is -2.43. The largest absolute Gasteiger partial charge is 0.465 e. The highest BCUT2D eigenvalue weighted by atomic mass is 16.4. The van der Waals surface area contributed by atoms with Crippen LogP contribution in [0.3, 0.4) is 0 Å². The van der Waals surface area contributed by atoms with Gasteiger partial charge in [-0.3, -0.25) is 24.5 Å². The molecule has 3 amide bonds. The van der Waals surface area contributed by atoms with Gasteiger partial charge in [0.25, 0.3) is 5.91 Å². The average molecular weight is 661 g/mol. The number of hydrogen-bond donors (Lipinski definition) is 4. The number of carbonyl (C=O) groups is 3. The monoisotopic (exact) mass is 660 g/mol. The van der Waals surface area contributed by atoms with Crippen molar-refractivity contribution < 1.29 is 19.5 Å². The molecule has 8 rings (SSSR count). The molecule has 4 N–H and O–H groups in total. The second-order valence-electron chi connectivity index (χ2n) is 12.9. The number of carboxylic acid groups (broad SMARTS) is 1. The third kappa shape index (κ3) is 5.67. The lowest BCUT2D eigenvalue weighted by Crippen LogP contribution is -2.57. The summed E-state index contributed by atoms with van der Waals surface area (Å²) >= 11 is 0. The Morgan fingerprint density at radius 3 is 2.37 bits per heavy atom. The Morgan fingerprint density at radius 1 is 0.857 bits per heavy atom. The van der Waals surface area contributed by atoms with Crippen molar-refractivity contribution in [1.82, 2.24) is 50.1 Å². The number of nitrogens with one attached hydrogen (secondary N) is 3. The van der Waals surface area contributed by atoms with E-state index >= 15 is 0 Å². The van der Waals surface area contributed by atoms with E-state index in [1.807, 2.05) is 48.7 Å². The summed E-state index contributed by atoms with van der Waals surface area (Å²) in [6.07, 6.45) is 7.92. The normalized spacial score (nSPS) is 21.2. The van der Waals surface area contributed by atoms with E-state index in [0.29, 0.717) is 25.2 Å². The fourth-order valence-electron chi connectivity index (χ4n) is 7.13. The molecule has 3 aliphatic rings. The topological polar surface area (TPSA) is 176 Å². The van der Waals surface area contributed by atoms with Crippen LogP contribution in [0.15, 0.2) is 61.1 Å². The van der Waals surface area contributed by atoms with Gasteiger partial charge in [0.2, 0.25) is 5.91 Å². The molecule has 14 nitrogen and oxygen atoms in total. The number of aromatic amines is 2. The molecule has 3 saturated heterocycles. The van der Waals surface area contributed by atoms with Gasteiger partial charge in [-0.25, -0.2) is 24.8 Å². The van der Waals surface area contributed by atoms with Gasteiger partial charge in [-0.05, 0) is 56.3 Å². The number of hydrogen-bond acceptors (Lipinski definition) is 8. The van der Waals surface area contributed by atoms with Crippen molar-refractivity contribution in [2.45, 2.75) is 56.7 Å². The molecule has 0 saturated carbocycles. The van der Waals surface area contributed by atoms with Crippen LogP contribution in [0.1, 0.15) is 62.3 Å². The van der Waals surface area contributed by atoms with Gasteiger partial charge in [0.15, 0.2) is 0 Å². The number of aromatic nitrogens is 6. The molecule has 5 aromatic rings. The molecule has 250 valence electrons. The Labute approximate surface area is 281 Å². The van der Waals surface area contributed by atoms with Gasteiger partial charge in [-0.1, -0.05) is 30.3 Å². The van der Waals surface area contributed by atoms with Crippen molar-refractivity contribution in [3.05, 3.63) is 72.7 Å². The molecule has 2 aromatic carbocycles. The van der Waals surface area contributed by atoms with Gasteiger partial charge in [0, 0.05) is 31.1 Å². The lowest BCUT2D eigenvalue weighted by atomic mass is 10.1. The third-order valence-corrected chi connectivity index (χ3v) is 9.84. The van der Waals surface area contributed by atoms with Crippen LogP contribution in [0.4, 0.5) is 4.79 Å². The third-order valence-electron chi connectivity index (χ3n) is 9.84. The van der Waals surface area contributed by atoms with Crippen LogP contribution >= 0.6 is 0 Å². The molecule has 0 radical (unpaired) electrons. The minimum absolute atomic E-state index is 0.0972. The molecule has 49 heavy (non-hydrogen) atoms. The number of carbonyl (C=O) groups excluding carboxylic acids is 2. The minimum atomic E-state index is -1.21. The van der Waals surface area contributed by atoms with E-state index in [9.17, 15) is 19.5 Å². The van der Waals surface area contributed by atoms with Gasteiger partial charge in [-0.2, -0.15) is 0 Å². The highest BCUT2D eigenvalue weighted by molar-refractivity contribution is 5.90. The van der Waals surface area contributed by atoms with Crippen LogP contribution in [0, 0.1) is 0 Å². The number of likely N-dealkylation sites (N-methyl/N-ethyl adjacent to an activating group) is 1. The van der Waals surface area contributed by atoms with E-state index in [2.05, 4.69) is 25.3 Å².